The zero-order chi connectivity index (χ0) is 10.1. The highest BCUT2D eigenvalue weighted by atomic mass is 79.9. The fraction of sp³-hybridized carbons (Fsp3) is 0.556. The number of rotatable bonds is 3. The van der Waals surface area contributed by atoms with Crippen molar-refractivity contribution in [2.45, 2.75) is 25.8 Å². The minimum Gasteiger partial charge on any atom is -0.368 e. The smallest absolute Gasteiger partial charge is 0.221 e. The third-order valence-electron chi connectivity index (χ3n) is 2.46. The normalized spacial score (nSPS) is 17.9. The lowest BCUT2D eigenvalue weighted by atomic mass is 10.2. The van der Waals surface area contributed by atoms with Gasteiger partial charge in [-0.3, -0.25) is 0 Å². The molecule has 0 radical (unpaired) electrons. The Kier molecular flexibility index (Phi) is 2.58. The van der Waals surface area contributed by atoms with Crippen LogP contribution in [0.3, 0.4) is 0 Å². The van der Waals surface area contributed by atoms with Crippen molar-refractivity contribution in [1.29, 1.82) is 0 Å². The summed E-state index contributed by atoms with van der Waals surface area (Å²) >= 11 is 3.39. The Morgan fingerprint density at radius 2 is 2.36 bits per heavy atom. The highest BCUT2D eigenvalue weighted by Crippen LogP contribution is 2.34. The first-order valence-electron chi connectivity index (χ1n) is 4.71. The molecule has 1 aromatic heterocycles. The van der Waals surface area contributed by atoms with E-state index >= 15 is 0 Å². The van der Waals surface area contributed by atoms with Gasteiger partial charge in [0, 0.05) is 12.2 Å². The maximum absolute atomic E-state index is 5.51. The van der Waals surface area contributed by atoms with E-state index in [1.54, 1.807) is 6.20 Å². The summed E-state index contributed by atoms with van der Waals surface area (Å²) in [6, 6.07) is 0.459. The molecular weight excluding hydrogens is 244 g/mol. The Balaban J connectivity index is 2.10. The molecule has 0 spiro atoms. The highest BCUT2D eigenvalue weighted by Gasteiger charge is 2.28. The predicted molar refractivity (Wildman–Crippen MR) is 60.0 cm³/mol. The van der Waals surface area contributed by atoms with E-state index in [0.717, 1.165) is 16.2 Å². The number of nitrogen functional groups attached to an aromatic ring is 1. The van der Waals surface area contributed by atoms with Crippen LogP contribution in [0.5, 0.6) is 0 Å². The molecule has 3 N–H and O–H groups in total. The van der Waals surface area contributed by atoms with Crippen molar-refractivity contribution >= 4 is 27.7 Å². The zero-order valence-electron chi connectivity index (χ0n) is 8.00. The molecule has 76 valence electrons. The van der Waals surface area contributed by atoms with Crippen LogP contribution in [0.25, 0.3) is 0 Å². The van der Waals surface area contributed by atoms with Gasteiger partial charge in [0.25, 0.3) is 0 Å². The second kappa shape index (κ2) is 3.73. The second-order valence-electron chi connectivity index (χ2n) is 3.70. The summed E-state index contributed by atoms with van der Waals surface area (Å²) in [4.78, 5) is 8.02. The van der Waals surface area contributed by atoms with E-state index < -0.39 is 0 Å². The van der Waals surface area contributed by atoms with Gasteiger partial charge in [-0.05, 0) is 41.6 Å². The summed E-state index contributed by atoms with van der Waals surface area (Å²) in [5, 5.41) is 3.33. The van der Waals surface area contributed by atoms with Crippen LogP contribution in [0.15, 0.2) is 10.7 Å². The molecule has 1 unspecified atom stereocenters. The Bertz CT molecular complexity index is 338. The molecule has 1 heterocycles. The summed E-state index contributed by atoms with van der Waals surface area (Å²) in [6.07, 6.45) is 4.29. The lowest BCUT2D eigenvalue weighted by Crippen LogP contribution is -2.19. The first-order chi connectivity index (χ1) is 6.66. The lowest BCUT2D eigenvalue weighted by molar-refractivity contribution is 0.690. The quantitative estimate of drug-likeness (QED) is 0.869. The molecule has 4 nitrogen and oxygen atoms in total. The third kappa shape index (κ3) is 2.15. The van der Waals surface area contributed by atoms with E-state index in [1.165, 1.54) is 12.8 Å². The Labute approximate surface area is 91.4 Å². The number of nitrogens with zero attached hydrogens (tertiary/aromatic N) is 2. The number of hydrogen-bond acceptors (Lipinski definition) is 4. The van der Waals surface area contributed by atoms with E-state index in [9.17, 15) is 0 Å². The summed E-state index contributed by atoms with van der Waals surface area (Å²) in [5.41, 5.74) is 5.51. The molecular formula is C9H13BrN4. The van der Waals surface area contributed by atoms with E-state index in [2.05, 4.69) is 38.1 Å². The van der Waals surface area contributed by atoms with Gasteiger partial charge < -0.3 is 11.1 Å². The van der Waals surface area contributed by atoms with Gasteiger partial charge >= 0.3 is 0 Å². The van der Waals surface area contributed by atoms with Gasteiger partial charge in [0.1, 0.15) is 5.82 Å². The minimum atomic E-state index is 0.304. The molecule has 1 aliphatic carbocycles. The van der Waals surface area contributed by atoms with Gasteiger partial charge in [-0.2, -0.15) is 4.98 Å². The number of aromatic nitrogens is 2. The van der Waals surface area contributed by atoms with Crippen molar-refractivity contribution < 1.29 is 0 Å². The molecule has 0 aromatic carbocycles. The highest BCUT2D eigenvalue weighted by molar-refractivity contribution is 9.10. The fourth-order valence-corrected chi connectivity index (χ4v) is 1.72. The van der Waals surface area contributed by atoms with E-state index in [1.807, 2.05) is 0 Å². The van der Waals surface area contributed by atoms with Crippen LogP contribution >= 0.6 is 15.9 Å². The SMILES string of the molecule is CC(Nc1nc(N)ncc1Br)C1CC1. The molecule has 5 heteroatoms. The van der Waals surface area contributed by atoms with Crippen molar-refractivity contribution in [3.63, 3.8) is 0 Å². The maximum atomic E-state index is 5.51. The molecule has 2 rings (SSSR count). The average molecular weight is 257 g/mol. The van der Waals surface area contributed by atoms with E-state index in [4.69, 9.17) is 5.73 Å². The summed E-state index contributed by atoms with van der Waals surface area (Å²) in [5.74, 6) is 1.88. The first-order valence-corrected chi connectivity index (χ1v) is 5.50. The predicted octanol–water partition coefficient (Wildman–Crippen LogP) is 2.03. The van der Waals surface area contributed by atoms with Crippen LogP contribution in [0.2, 0.25) is 0 Å². The van der Waals surface area contributed by atoms with Crippen LogP contribution in [-0.4, -0.2) is 16.0 Å². The van der Waals surface area contributed by atoms with Gasteiger partial charge in [0.2, 0.25) is 5.95 Å². The number of nitrogens with one attached hydrogen (secondary N) is 1. The Hall–Kier alpha value is -0.840. The number of hydrogen-bond donors (Lipinski definition) is 2. The van der Waals surface area contributed by atoms with Crippen molar-refractivity contribution in [3.8, 4) is 0 Å². The van der Waals surface area contributed by atoms with Gasteiger partial charge in [-0.15, -0.1) is 0 Å². The molecule has 1 aromatic rings. The van der Waals surface area contributed by atoms with Gasteiger partial charge in [0.05, 0.1) is 4.47 Å². The Morgan fingerprint density at radius 3 is 3.00 bits per heavy atom. The molecule has 1 saturated carbocycles. The monoisotopic (exact) mass is 256 g/mol. The van der Waals surface area contributed by atoms with E-state index in [0.29, 0.717) is 12.0 Å². The molecule has 0 amide bonds. The van der Waals surface area contributed by atoms with Crippen molar-refractivity contribution in [3.05, 3.63) is 10.7 Å². The second-order valence-corrected chi connectivity index (χ2v) is 4.55. The zero-order valence-corrected chi connectivity index (χ0v) is 9.58. The van der Waals surface area contributed by atoms with Crippen LogP contribution in [-0.2, 0) is 0 Å². The molecule has 0 saturated heterocycles. The minimum absolute atomic E-state index is 0.304. The number of nitrogens with two attached hydrogens (primary N) is 1. The number of anilines is 2. The fourth-order valence-electron chi connectivity index (χ4n) is 1.41. The summed E-state index contributed by atoms with van der Waals surface area (Å²) < 4.78 is 0.860. The van der Waals surface area contributed by atoms with Gasteiger partial charge in [0.15, 0.2) is 0 Å². The Morgan fingerprint density at radius 1 is 1.64 bits per heavy atom. The molecule has 0 bridgehead atoms. The van der Waals surface area contributed by atoms with Crippen molar-refractivity contribution in [2.75, 3.05) is 11.1 Å². The maximum Gasteiger partial charge on any atom is 0.221 e. The van der Waals surface area contributed by atoms with E-state index in [-0.39, 0.29) is 0 Å². The molecule has 0 aliphatic heterocycles. The van der Waals surface area contributed by atoms with Crippen molar-refractivity contribution in [1.82, 2.24) is 9.97 Å². The largest absolute Gasteiger partial charge is 0.368 e. The molecule has 1 atom stereocenters. The standard InChI is InChI=1S/C9H13BrN4/c1-5(6-2-3-6)13-8-7(10)4-12-9(11)14-8/h4-6H,2-3H2,1H3,(H3,11,12,13,14). The lowest BCUT2D eigenvalue weighted by Gasteiger charge is -2.14. The van der Waals surface area contributed by atoms with Gasteiger partial charge in [-0.1, -0.05) is 0 Å². The number of halogens is 1. The van der Waals surface area contributed by atoms with Crippen LogP contribution in [0.4, 0.5) is 11.8 Å². The van der Waals surface area contributed by atoms with Crippen LogP contribution in [0.1, 0.15) is 19.8 Å². The first kappa shape index (κ1) is 9.71. The van der Waals surface area contributed by atoms with Crippen molar-refractivity contribution in [2.24, 2.45) is 5.92 Å². The summed E-state index contributed by atoms with van der Waals surface area (Å²) in [7, 11) is 0. The molecule has 14 heavy (non-hydrogen) atoms. The third-order valence-corrected chi connectivity index (χ3v) is 3.04. The van der Waals surface area contributed by atoms with Crippen LogP contribution < -0.4 is 11.1 Å². The van der Waals surface area contributed by atoms with Gasteiger partial charge in [-0.25, -0.2) is 4.98 Å². The average Bonchev–Trinajstić information content (AvgIpc) is 2.94. The topological polar surface area (TPSA) is 63.8 Å². The molecule has 1 fully saturated rings. The molecule has 1 aliphatic rings. The summed E-state index contributed by atoms with van der Waals surface area (Å²) in [6.45, 7) is 2.17. The van der Waals surface area contributed by atoms with Crippen LogP contribution in [0, 0.1) is 5.92 Å².